The molecule has 0 saturated heterocycles. The van der Waals surface area contributed by atoms with Gasteiger partial charge in [-0.2, -0.15) is 4.72 Å². The van der Waals surface area contributed by atoms with Gasteiger partial charge in [-0.1, -0.05) is 13.8 Å². The zero-order valence-corrected chi connectivity index (χ0v) is 11.5. The van der Waals surface area contributed by atoms with Crippen LogP contribution in [-0.2, 0) is 21.9 Å². The first-order chi connectivity index (χ1) is 8.15. The largest absolute Gasteiger partial charge is 0.480 e. The first kappa shape index (κ1) is 14.7. The van der Waals surface area contributed by atoms with Gasteiger partial charge in [0.1, 0.15) is 11.9 Å². The molecule has 0 bridgehead atoms. The van der Waals surface area contributed by atoms with Crippen molar-refractivity contribution in [2.75, 3.05) is 0 Å². The Kier molecular flexibility index (Phi) is 4.12. The fourth-order valence-corrected chi connectivity index (χ4v) is 2.73. The summed E-state index contributed by atoms with van der Waals surface area (Å²) in [4.78, 5) is 14.8. The number of aliphatic carboxylic acids is 1. The van der Waals surface area contributed by atoms with E-state index in [4.69, 9.17) is 5.11 Å². The molecule has 1 heterocycles. The molecule has 18 heavy (non-hydrogen) atoms. The summed E-state index contributed by atoms with van der Waals surface area (Å²) in [5.74, 6) is -1.03. The van der Waals surface area contributed by atoms with Crippen LogP contribution in [0.4, 0.5) is 0 Å². The summed E-state index contributed by atoms with van der Waals surface area (Å²) in [5, 5.41) is 8.79. The zero-order valence-electron chi connectivity index (χ0n) is 10.7. The number of carboxylic acids is 1. The minimum atomic E-state index is -3.91. The van der Waals surface area contributed by atoms with Gasteiger partial charge in [0, 0.05) is 13.2 Å². The van der Waals surface area contributed by atoms with Crippen LogP contribution in [0.3, 0.4) is 0 Å². The first-order valence-electron chi connectivity index (χ1n) is 5.40. The highest BCUT2D eigenvalue weighted by molar-refractivity contribution is 7.89. The average Bonchev–Trinajstić information content (AvgIpc) is 2.56. The Morgan fingerprint density at radius 1 is 1.50 bits per heavy atom. The van der Waals surface area contributed by atoms with Crippen LogP contribution in [0.1, 0.15) is 19.7 Å². The SMILES string of the molecule is Cc1nc(S(=O)(=O)N[C@H](C(=O)O)C(C)C)cn1C. The van der Waals surface area contributed by atoms with Gasteiger partial charge in [-0.25, -0.2) is 13.4 Å². The van der Waals surface area contributed by atoms with Gasteiger partial charge in [-0.3, -0.25) is 4.79 Å². The Balaban J connectivity index is 3.04. The second-order valence-electron chi connectivity index (χ2n) is 4.42. The summed E-state index contributed by atoms with van der Waals surface area (Å²) < 4.78 is 27.6. The van der Waals surface area contributed by atoms with Crippen LogP contribution in [0, 0.1) is 12.8 Å². The highest BCUT2D eigenvalue weighted by Gasteiger charge is 2.29. The van der Waals surface area contributed by atoms with Crippen molar-refractivity contribution in [1.29, 1.82) is 0 Å². The van der Waals surface area contributed by atoms with Crippen LogP contribution in [0.25, 0.3) is 0 Å². The molecule has 1 aromatic rings. The number of carbonyl (C=O) groups is 1. The van der Waals surface area contributed by atoms with Crippen molar-refractivity contribution < 1.29 is 18.3 Å². The molecule has 0 aliphatic carbocycles. The third-order valence-electron chi connectivity index (χ3n) is 2.58. The molecule has 8 heteroatoms. The summed E-state index contributed by atoms with van der Waals surface area (Å²) in [5.41, 5.74) is 0. The van der Waals surface area contributed by atoms with Gasteiger partial charge >= 0.3 is 5.97 Å². The van der Waals surface area contributed by atoms with Crippen molar-refractivity contribution >= 4 is 16.0 Å². The van der Waals surface area contributed by atoms with Gasteiger partial charge in [-0.05, 0) is 12.8 Å². The average molecular weight is 275 g/mol. The monoisotopic (exact) mass is 275 g/mol. The lowest BCUT2D eigenvalue weighted by atomic mass is 10.1. The van der Waals surface area contributed by atoms with E-state index < -0.39 is 22.0 Å². The van der Waals surface area contributed by atoms with Crippen molar-refractivity contribution in [1.82, 2.24) is 14.3 Å². The van der Waals surface area contributed by atoms with Crippen LogP contribution < -0.4 is 4.72 Å². The number of hydrogen-bond donors (Lipinski definition) is 2. The van der Waals surface area contributed by atoms with Crippen molar-refractivity contribution in [2.45, 2.75) is 31.8 Å². The Morgan fingerprint density at radius 3 is 2.39 bits per heavy atom. The summed E-state index contributed by atoms with van der Waals surface area (Å²) in [6.45, 7) is 4.92. The number of sulfonamides is 1. The Bertz CT molecular complexity index is 528. The topological polar surface area (TPSA) is 101 Å². The number of nitrogens with one attached hydrogen (secondary N) is 1. The fraction of sp³-hybridized carbons (Fsp3) is 0.600. The normalized spacial score (nSPS) is 13.8. The number of carboxylic acid groups (broad SMARTS) is 1. The Hall–Kier alpha value is -1.41. The molecule has 0 aromatic carbocycles. The second-order valence-corrected chi connectivity index (χ2v) is 6.08. The first-order valence-corrected chi connectivity index (χ1v) is 6.88. The number of rotatable bonds is 5. The number of aryl methyl sites for hydroxylation is 2. The number of nitrogens with zero attached hydrogens (tertiary/aromatic N) is 2. The van der Waals surface area contributed by atoms with E-state index in [-0.39, 0.29) is 10.9 Å². The van der Waals surface area contributed by atoms with Gasteiger partial charge in [0.2, 0.25) is 0 Å². The fourth-order valence-electron chi connectivity index (χ4n) is 1.35. The zero-order chi connectivity index (χ0) is 14.1. The lowest BCUT2D eigenvalue weighted by Crippen LogP contribution is -2.44. The standard InChI is InChI=1S/C10H17N3O4S/c1-6(2)9(10(14)15)12-18(16,17)8-5-13(4)7(3)11-8/h5-6,9,12H,1-4H3,(H,14,15)/t9-/m0/s1. The maximum absolute atomic E-state index is 12.0. The molecule has 0 fully saturated rings. The van der Waals surface area contributed by atoms with Crippen LogP contribution in [-0.4, -0.2) is 35.1 Å². The maximum atomic E-state index is 12.0. The van der Waals surface area contributed by atoms with Crippen molar-refractivity contribution in [3.8, 4) is 0 Å². The quantitative estimate of drug-likeness (QED) is 0.794. The van der Waals surface area contributed by atoms with Crippen molar-refractivity contribution in [2.24, 2.45) is 13.0 Å². The summed E-state index contributed by atoms with van der Waals surface area (Å²) >= 11 is 0. The molecule has 0 amide bonds. The lowest BCUT2D eigenvalue weighted by molar-refractivity contribution is -0.140. The van der Waals surface area contributed by atoms with Crippen LogP contribution in [0.2, 0.25) is 0 Å². The molecule has 0 aliphatic rings. The van der Waals surface area contributed by atoms with E-state index in [0.29, 0.717) is 5.82 Å². The molecule has 0 radical (unpaired) electrons. The van der Waals surface area contributed by atoms with E-state index >= 15 is 0 Å². The molecule has 0 aliphatic heterocycles. The van der Waals surface area contributed by atoms with Gasteiger partial charge in [0.15, 0.2) is 5.03 Å². The van der Waals surface area contributed by atoms with Crippen molar-refractivity contribution in [3.63, 3.8) is 0 Å². The van der Waals surface area contributed by atoms with Crippen molar-refractivity contribution in [3.05, 3.63) is 12.0 Å². The Labute approximate surface area is 106 Å². The molecule has 102 valence electrons. The van der Waals surface area contributed by atoms with Crippen LogP contribution in [0.15, 0.2) is 11.2 Å². The molecular weight excluding hydrogens is 258 g/mol. The smallest absolute Gasteiger partial charge is 0.322 e. The molecule has 0 saturated carbocycles. The third-order valence-corrected chi connectivity index (χ3v) is 3.89. The summed E-state index contributed by atoms with van der Waals surface area (Å²) in [6, 6.07) is -1.17. The van der Waals surface area contributed by atoms with E-state index in [1.54, 1.807) is 32.4 Å². The molecule has 0 spiro atoms. The summed E-state index contributed by atoms with van der Waals surface area (Å²) in [6.07, 6.45) is 1.34. The maximum Gasteiger partial charge on any atom is 0.322 e. The van der Waals surface area contributed by atoms with E-state index in [2.05, 4.69) is 9.71 Å². The van der Waals surface area contributed by atoms with E-state index in [0.717, 1.165) is 0 Å². The van der Waals surface area contributed by atoms with E-state index in [1.807, 2.05) is 0 Å². The third kappa shape index (κ3) is 3.08. The highest BCUT2D eigenvalue weighted by atomic mass is 32.2. The predicted molar refractivity (Wildman–Crippen MR) is 64.5 cm³/mol. The minimum Gasteiger partial charge on any atom is -0.480 e. The van der Waals surface area contributed by atoms with Gasteiger partial charge in [0.05, 0.1) is 0 Å². The minimum absolute atomic E-state index is 0.172. The molecule has 1 atom stereocenters. The predicted octanol–water partition coefficient (Wildman–Crippen LogP) is 0.116. The molecule has 1 aromatic heterocycles. The highest BCUT2D eigenvalue weighted by Crippen LogP contribution is 2.11. The molecule has 1 rings (SSSR count). The molecule has 0 unspecified atom stereocenters. The van der Waals surface area contributed by atoms with E-state index in [9.17, 15) is 13.2 Å². The number of aromatic nitrogens is 2. The summed E-state index contributed by atoms with van der Waals surface area (Å²) in [7, 11) is -2.25. The second kappa shape index (κ2) is 5.07. The van der Waals surface area contributed by atoms with Gasteiger partial charge in [0.25, 0.3) is 10.0 Å². The number of hydrogen-bond acceptors (Lipinski definition) is 4. The van der Waals surface area contributed by atoms with Crippen LogP contribution >= 0.6 is 0 Å². The molecule has 7 nitrogen and oxygen atoms in total. The lowest BCUT2D eigenvalue weighted by Gasteiger charge is -2.16. The van der Waals surface area contributed by atoms with E-state index in [1.165, 1.54) is 6.20 Å². The Morgan fingerprint density at radius 2 is 2.06 bits per heavy atom. The number of imidazole rings is 1. The van der Waals surface area contributed by atoms with Gasteiger partial charge < -0.3 is 9.67 Å². The molecule has 2 N–H and O–H groups in total. The molecular formula is C10H17N3O4S. The van der Waals surface area contributed by atoms with Crippen LogP contribution in [0.5, 0.6) is 0 Å². The van der Waals surface area contributed by atoms with Gasteiger partial charge in [-0.15, -0.1) is 0 Å².